The Bertz CT molecular complexity index is 1470. The predicted molar refractivity (Wildman–Crippen MR) is 193 cm³/mol. The molecule has 0 radical (unpaired) electrons. The summed E-state index contributed by atoms with van der Waals surface area (Å²) in [5, 5.41) is 14.8. The maximum Gasteiger partial charge on any atom is 0.321 e. The maximum atomic E-state index is 14.3. The highest BCUT2D eigenvalue weighted by molar-refractivity contribution is 5.86. The number of halogens is 5. The van der Waals surface area contributed by atoms with E-state index >= 15 is 0 Å². The minimum Gasteiger partial charge on any atom is -0.494 e. The third-order valence-electron chi connectivity index (χ3n) is 10.1. The zero-order chi connectivity index (χ0) is 32.2. The van der Waals surface area contributed by atoms with Crippen LogP contribution in [0.15, 0.2) is 48.5 Å². The number of aryl methyl sites for hydroxylation is 1. The molecule has 3 aromatic rings. The van der Waals surface area contributed by atoms with Crippen LogP contribution in [0.3, 0.4) is 0 Å². The number of methoxy groups -OCH3 is 1. The molecule has 1 saturated heterocycles. The molecule has 0 spiro atoms. The summed E-state index contributed by atoms with van der Waals surface area (Å²) in [6.07, 6.45) is 4.34. The number of carboxylic acids is 1. The average Bonchev–Trinajstić information content (AvgIpc) is 3.61. The lowest BCUT2D eigenvalue weighted by Gasteiger charge is -2.35. The molecular formula is C36H51Cl3F2N4O3. The monoisotopic (exact) mass is 730 g/mol. The highest BCUT2D eigenvalue weighted by Gasteiger charge is 2.42. The zero-order valence-electron chi connectivity index (χ0n) is 28.5. The zero-order valence-corrected chi connectivity index (χ0v) is 30.9. The van der Waals surface area contributed by atoms with Crippen molar-refractivity contribution in [2.45, 2.75) is 83.3 Å². The van der Waals surface area contributed by atoms with Crippen molar-refractivity contribution in [3.05, 3.63) is 82.7 Å². The Hall–Kier alpha value is -2.43. The summed E-state index contributed by atoms with van der Waals surface area (Å²) in [6, 6.07) is 13.8. The quantitative estimate of drug-likeness (QED) is 0.205. The number of likely N-dealkylation sites (N-methyl/N-ethyl adjacent to an activating group) is 1. The summed E-state index contributed by atoms with van der Waals surface area (Å²) >= 11 is 0. The second-order valence-electron chi connectivity index (χ2n) is 13.3. The number of piperidine rings is 1. The van der Waals surface area contributed by atoms with E-state index in [9.17, 15) is 18.7 Å². The Labute approximate surface area is 302 Å². The van der Waals surface area contributed by atoms with Crippen molar-refractivity contribution in [2.75, 3.05) is 33.8 Å². The molecule has 48 heavy (non-hydrogen) atoms. The van der Waals surface area contributed by atoms with Gasteiger partial charge in [-0.3, -0.25) is 14.4 Å². The summed E-state index contributed by atoms with van der Waals surface area (Å²) in [7, 11) is 3.41. The van der Waals surface area contributed by atoms with Crippen molar-refractivity contribution in [3.8, 4) is 5.75 Å². The van der Waals surface area contributed by atoms with Crippen LogP contribution in [0.25, 0.3) is 0 Å². The molecule has 0 amide bonds. The molecular weight excluding hydrogens is 681 g/mol. The van der Waals surface area contributed by atoms with Crippen LogP contribution in [-0.2, 0) is 17.8 Å². The summed E-state index contributed by atoms with van der Waals surface area (Å²) in [4.78, 5) is 16.7. The molecule has 7 nitrogen and oxygen atoms in total. The topological polar surface area (TPSA) is 70.8 Å². The van der Waals surface area contributed by atoms with E-state index in [4.69, 9.17) is 9.84 Å². The minimum atomic E-state index is -0.786. The summed E-state index contributed by atoms with van der Waals surface area (Å²) in [5.41, 5.74) is 4.07. The molecule has 1 N–H and O–H groups in total. The Morgan fingerprint density at radius 3 is 2.35 bits per heavy atom. The van der Waals surface area contributed by atoms with Crippen molar-refractivity contribution in [1.82, 2.24) is 19.6 Å². The molecule has 2 aliphatic rings. The largest absolute Gasteiger partial charge is 0.494 e. The van der Waals surface area contributed by atoms with E-state index in [-0.39, 0.29) is 72.5 Å². The van der Waals surface area contributed by atoms with E-state index in [1.54, 1.807) is 18.2 Å². The fourth-order valence-corrected chi connectivity index (χ4v) is 7.86. The van der Waals surface area contributed by atoms with Crippen LogP contribution < -0.4 is 4.74 Å². The summed E-state index contributed by atoms with van der Waals surface area (Å²) < 4.78 is 35.7. The molecule has 0 bridgehead atoms. The van der Waals surface area contributed by atoms with E-state index in [2.05, 4.69) is 27.5 Å². The van der Waals surface area contributed by atoms with Gasteiger partial charge in [-0.1, -0.05) is 32.0 Å². The van der Waals surface area contributed by atoms with E-state index < -0.39 is 12.0 Å². The Kier molecular flexibility index (Phi) is 16.1. The third kappa shape index (κ3) is 9.63. The Morgan fingerprint density at radius 1 is 1.06 bits per heavy atom. The van der Waals surface area contributed by atoms with Crippen molar-refractivity contribution >= 4 is 43.2 Å². The number of carboxylic acid groups (broad SMARTS) is 1. The standard InChI is InChI=1S/C36H48F2N4O3.3ClH/c1-6-42-33(20-29(39-42)16-24-10-11-34(45-5)32(38)17-24)25-12-14-41(15-13-25)22-27-19-30(40(4)35(23(2)3)36(43)44)21-31(27)26-8-7-9-28(37)18-26;;;/h7-11,17-18,20,23,25,27,30-31,35H,6,12-16,19,21-22H2,1-5H3,(H,43,44);3*1H/t27?,30?,31?,35-;;;/m1.../s1. The number of aromatic nitrogens is 2. The maximum absolute atomic E-state index is 14.3. The first-order valence-electron chi connectivity index (χ1n) is 16.4. The van der Waals surface area contributed by atoms with E-state index in [0.717, 1.165) is 68.7 Å². The molecule has 12 heteroatoms. The van der Waals surface area contributed by atoms with Crippen LogP contribution in [0.1, 0.15) is 80.8 Å². The molecule has 1 aliphatic heterocycles. The first-order valence-corrected chi connectivity index (χ1v) is 16.4. The van der Waals surface area contributed by atoms with Gasteiger partial charge in [-0.25, -0.2) is 8.78 Å². The number of ether oxygens (including phenoxy) is 1. The highest BCUT2D eigenvalue weighted by Crippen LogP contribution is 2.43. The van der Waals surface area contributed by atoms with Crippen molar-refractivity contribution in [2.24, 2.45) is 11.8 Å². The van der Waals surface area contributed by atoms with Crippen molar-refractivity contribution in [1.29, 1.82) is 0 Å². The number of hydrogen-bond donors (Lipinski definition) is 1. The lowest BCUT2D eigenvalue weighted by atomic mass is 9.87. The predicted octanol–water partition coefficient (Wildman–Crippen LogP) is 7.83. The van der Waals surface area contributed by atoms with Gasteiger partial charge in [-0.15, -0.1) is 37.2 Å². The second kappa shape index (κ2) is 18.5. The fourth-order valence-electron chi connectivity index (χ4n) is 7.86. The van der Waals surface area contributed by atoms with E-state index in [1.165, 1.54) is 24.9 Å². The SMILES string of the molecule is CCn1nc(Cc2ccc(OC)c(F)c2)cc1C1CCN(CC2CC(N(C)[C@@H](C(=O)O)C(C)C)CC2c2cccc(F)c2)CC1.Cl.Cl.Cl. The van der Waals surface area contributed by atoms with Gasteiger partial charge in [0.2, 0.25) is 0 Å². The van der Waals surface area contributed by atoms with Crippen LogP contribution in [0, 0.1) is 23.5 Å². The number of rotatable bonds is 12. The third-order valence-corrected chi connectivity index (χ3v) is 10.1. The molecule has 268 valence electrons. The first-order chi connectivity index (χ1) is 21.6. The minimum absolute atomic E-state index is 0. The summed E-state index contributed by atoms with van der Waals surface area (Å²) in [6.45, 7) is 9.66. The van der Waals surface area contributed by atoms with Gasteiger partial charge < -0.3 is 14.7 Å². The van der Waals surface area contributed by atoms with Gasteiger partial charge in [0.05, 0.1) is 12.8 Å². The molecule has 1 saturated carbocycles. The fraction of sp³-hybridized carbons (Fsp3) is 0.556. The molecule has 5 rings (SSSR count). The van der Waals surface area contributed by atoms with Gasteiger partial charge in [0.1, 0.15) is 11.9 Å². The molecule has 1 aliphatic carbocycles. The number of carbonyl (C=O) groups is 1. The number of likely N-dealkylation sites (tertiary alicyclic amines) is 1. The molecule has 2 heterocycles. The first kappa shape index (κ1) is 41.7. The Balaban J connectivity index is 0.00000267. The summed E-state index contributed by atoms with van der Waals surface area (Å²) in [5.74, 6) is -0.239. The van der Waals surface area contributed by atoms with Crippen LogP contribution >= 0.6 is 37.2 Å². The molecule has 3 unspecified atom stereocenters. The number of aliphatic carboxylic acids is 1. The van der Waals surface area contributed by atoms with Gasteiger partial charge in [-0.2, -0.15) is 5.10 Å². The number of benzene rings is 2. The van der Waals surface area contributed by atoms with Gasteiger partial charge >= 0.3 is 5.97 Å². The van der Waals surface area contributed by atoms with Crippen LogP contribution in [0.2, 0.25) is 0 Å². The van der Waals surface area contributed by atoms with Crippen LogP contribution in [0.5, 0.6) is 5.75 Å². The number of hydrogen-bond acceptors (Lipinski definition) is 5. The highest BCUT2D eigenvalue weighted by atomic mass is 35.5. The Morgan fingerprint density at radius 2 is 1.77 bits per heavy atom. The molecule has 1 aromatic heterocycles. The van der Waals surface area contributed by atoms with Gasteiger partial charge in [0.15, 0.2) is 11.6 Å². The van der Waals surface area contributed by atoms with Crippen molar-refractivity contribution < 1.29 is 23.4 Å². The average molecular weight is 732 g/mol. The molecule has 4 atom stereocenters. The van der Waals surface area contributed by atoms with Crippen molar-refractivity contribution in [3.63, 3.8) is 0 Å². The van der Waals surface area contributed by atoms with E-state index in [0.29, 0.717) is 18.3 Å². The van der Waals surface area contributed by atoms with Gasteiger partial charge in [-0.05, 0) is 112 Å². The van der Waals surface area contributed by atoms with Crippen LogP contribution in [-0.4, -0.2) is 76.5 Å². The lowest BCUT2D eigenvalue weighted by Crippen LogP contribution is -2.47. The lowest BCUT2D eigenvalue weighted by molar-refractivity contribution is -0.145. The van der Waals surface area contributed by atoms with Crippen LogP contribution in [0.4, 0.5) is 8.78 Å². The molecule has 2 aromatic carbocycles. The van der Waals surface area contributed by atoms with Gasteiger partial charge in [0, 0.05) is 37.2 Å². The normalized spacial score (nSPS) is 20.6. The van der Waals surface area contributed by atoms with Gasteiger partial charge in [0.25, 0.3) is 0 Å². The number of nitrogens with zero attached hydrogens (tertiary/aromatic N) is 4. The second-order valence-corrected chi connectivity index (χ2v) is 13.3. The van der Waals surface area contributed by atoms with E-state index in [1.807, 2.05) is 33.0 Å². The smallest absolute Gasteiger partial charge is 0.321 e. The molecule has 2 fully saturated rings.